The topological polar surface area (TPSA) is 59.1 Å². The van der Waals surface area contributed by atoms with Gasteiger partial charge in [-0.15, -0.1) is 0 Å². The Morgan fingerprint density at radius 1 is 1.58 bits per heavy atom. The summed E-state index contributed by atoms with van der Waals surface area (Å²) in [4.78, 5) is 3.58. The van der Waals surface area contributed by atoms with Gasteiger partial charge in [0, 0.05) is 17.3 Å². The maximum Gasteiger partial charge on any atom is 0.264 e. The minimum absolute atomic E-state index is 0.00694. The van der Waals surface area contributed by atoms with Crippen LogP contribution in [0.4, 0.5) is 14.6 Å². The lowest BCUT2D eigenvalue weighted by Crippen LogP contribution is -2.02. The number of alkyl halides is 2. The number of nitrogens with zero attached hydrogens (tertiary/aromatic N) is 1. The molecular formula is C7H8F2N2O. The van der Waals surface area contributed by atoms with Crippen molar-refractivity contribution in [2.45, 2.75) is 13.0 Å². The van der Waals surface area contributed by atoms with Gasteiger partial charge in [-0.05, 0) is 6.07 Å². The quantitative estimate of drug-likeness (QED) is 0.705. The van der Waals surface area contributed by atoms with E-state index < -0.39 is 13.0 Å². The predicted octanol–water partition coefficient (Wildman–Crippen LogP) is 1.09. The van der Waals surface area contributed by atoms with Gasteiger partial charge in [0.2, 0.25) is 0 Å². The smallest absolute Gasteiger partial charge is 0.264 e. The number of hydrogen-bond acceptors (Lipinski definition) is 3. The molecule has 12 heavy (non-hydrogen) atoms. The van der Waals surface area contributed by atoms with Crippen LogP contribution in [0.2, 0.25) is 0 Å². The minimum Gasteiger partial charge on any atom is -0.392 e. The van der Waals surface area contributed by atoms with E-state index in [1.165, 1.54) is 6.20 Å². The molecule has 0 aromatic carbocycles. The first-order valence-electron chi connectivity index (χ1n) is 3.29. The fraction of sp³-hybridized carbons (Fsp3) is 0.286. The number of rotatable bonds is 2. The second-order valence-corrected chi connectivity index (χ2v) is 2.22. The van der Waals surface area contributed by atoms with Gasteiger partial charge < -0.3 is 10.8 Å². The zero-order chi connectivity index (χ0) is 9.14. The summed E-state index contributed by atoms with van der Waals surface area (Å²) in [5.74, 6) is -0.0460. The van der Waals surface area contributed by atoms with Crippen LogP contribution < -0.4 is 5.73 Å². The molecule has 0 saturated heterocycles. The summed E-state index contributed by atoms with van der Waals surface area (Å²) in [6.07, 6.45) is -1.44. The molecule has 0 saturated carbocycles. The summed E-state index contributed by atoms with van der Waals surface area (Å²) in [6, 6.07) is 1.15. The molecule has 0 atom stereocenters. The zero-order valence-corrected chi connectivity index (χ0v) is 6.17. The van der Waals surface area contributed by atoms with Gasteiger partial charge in [0.05, 0.1) is 6.61 Å². The Kier molecular flexibility index (Phi) is 2.54. The summed E-state index contributed by atoms with van der Waals surface area (Å²) < 4.78 is 24.4. The van der Waals surface area contributed by atoms with Crippen molar-refractivity contribution in [2.24, 2.45) is 0 Å². The molecule has 0 spiro atoms. The monoisotopic (exact) mass is 174 g/mol. The van der Waals surface area contributed by atoms with Crippen LogP contribution >= 0.6 is 0 Å². The molecule has 1 aromatic heterocycles. The molecule has 0 unspecified atom stereocenters. The number of nitrogens with two attached hydrogens (primary N) is 1. The lowest BCUT2D eigenvalue weighted by Gasteiger charge is -2.07. The summed E-state index contributed by atoms with van der Waals surface area (Å²) in [7, 11) is 0. The van der Waals surface area contributed by atoms with Gasteiger partial charge in [0.15, 0.2) is 0 Å². The molecule has 0 aliphatic rings. The van der Waals surface area contributed by atoms with E-state index in [4.69, 9.17) is 10.8 Å². The average molecular weight is 174 g/mol. The van der Waals surface area contributed by atoms with Crippen LogP contribution in [0.1, 0.15) is 17.6 Å². The fourth-order valence-corrected chi connectivity index (χ4v) is 0.901. The highest BCUT2D eigenvalue weighted by Gasteiger charge is 2.14. The van der Waals surface area contributed by atoms with Crippen molar-refractivity contribution in [3.63, 3.8) is 0 Å². The molecule has 3 N–H and O–H groups in total. The lowest BCUT2D eigenvalue weighted by atomic mass is 10.1. The molecule has 0 aliphatic carbocycles. The predicted molar refractivity (Wildman–Crippen MR) is 39.5 cm³/mol. The van der Waals surface area contributed by atoms with Gasteiger partial charge in [-0.2, -0.15) is 0 Å². The molecule has 0 fully saturated rings. The Bertz CT molecular complexity index is 278. The second kappa shape index (κ2) is 3.44. The maximum absolute atomic E-state index is 12.2. The summed E-state index contributed by atoms with van der Waals surface area (Å²) in [5, 5.41) is 8.69. The standard InChI is InChI=1S/C7H8F2N2O/c8-6(9)4-1-2-11-7(10)5(4)3-12/h1-2,6,12H,3H2,(H2,10,11). The summed E-state index contributed by atoms with van der Waals surface area (Å²) in [5.41, 5.74) is 5.01. The largest absolute Gasteiger partial charge is 0.392 e. The van der Waals surface area contributed by atoms with E-state index in [1.54, 1.807) is 0 Å². The number of aliphatic hydroxyl groups is 1. The van der Waals surface area contributed by atoms with Crippen LogP contribution in [0, 0.1) is 0 Å². The van der Waals surface area contributed by atoms with Crippen molar-refractivity contribution in [2.75, 3.05) is 5.73 Å². The molecule has 0 aliphatic heterocycles. The number of hydrogen-bond donors (Lipinski definition) is 2. The van der Waals surface area contributed by atoms with Crippen LogP contribution in [0.25, 0.3) is 0 Å². The molecule has 0 amide bonds. The Hall–Kier alpha value is -1.23. The molecule has 1 rings (SSSR count). The van der Waals surface area contributed by atoms with Crippen molar-refractivity contribution in [1.29, 1.82) is 0 Å². The van der Waals surface area contributed by atoms with E-state index >= 15 is 0 Å². The normalized spacial score (nSPS) is 10.7. The van der Waals surface area contributed by atoms with E-state index in [0.717, 1.165) is 6.07 Å². The van der Waals surface area contributed by atoms with Crippen molar-refractivity contribution >= 4 is 5.82 Å². The van der Waals surface area contributed by atoms with Crippen LogP contribution in [-0.2, 0) is 6.61 Å². The average Bonchev–Trinajstić information content (AvgIpc) is 2.03. The molecule has 5 heteroatoms. The van der Waals surface area contributed by atoms with E-state index in [-0.39, 0.29) is 16.9 Å². The first-order valence-corrected chi connectivity index (χ1v) is 3.29. The number of pyridine rings is 1. The summed E-state index contributed by atoms with van der Waals surface area (Å²) >= 11 is 0. The lowest BCUT2D eigenvalue weighted by molar-refractivity contribution is 0.147. The fourth-order valence-electron chi connectivity index (χ4n) is 0.901. The molecule has 1 heterocycles. The van der Waals surface area contributed by atoms with E-state index in [2.05, 4.69) is 4.98 Å². The van der Waals surface area contributed by atoms with Gasteiger partial charge in [-0.25, -0.2) is 13.8 Å². The van der Waals surface area contributed by atoms with Crippen LogP contribution in [0.15, 0.2) is 12.3 Å². The molecule has 1 aromatic rings. The molecule has 0 bridgehead atoms. The molecule has 0 radical (unpaired) electrons. The third kappa shape index (κ3) is 1.50. The van der Waals surface area contributed by atoms with Gasteiger partial charge in [-0.1, -0.05) is 0 Å². The minimum atomic E-state index is -2.63. The Labute approximate surface area is 67.8 Å². The maximum atomic E-state index is 12.2. The highest BCUT2D eigenvalue weighted by Crippen LogP contribution is 2.24. The Morgan fingerprint density at radius 3 is 2.67 bits per heavy atom. The Balaban J connectivity index is 3.18. The first-order chi connectivity index (χ1) is 5.66. The van der Waals surface area contributed by atoms with Gasteiger partial charge >= 0.3 is 0 Å². The third-order valence-electron chi connectivity index (χ3n) is 1.52. The zero-order valence-electron chi connectivity index (χ0n) is 6.17. The highest BCUT2D eigenvalue weighted by molar-refractivity contribution is 5.44. The van der Waals surface area contributed by atoms with Crippen molar-refractivity contribution < 1.29 is 13.9 Å². The van der Waals surface area contributed by atoms with E-state index in [1.807, 2.05) is 0 Å². The second-order valence-electron chi connectivity index (χ2n) is 2.22. The number of halogens is 2. The number of aliphatic hydroxyl groups excluding tert-OH is 1. The van der Waals surface area contributed by atoms with Crippen molar-refractivity contribution in [1.82, 2.24) is 4.98 Å². The van der Waals surface area contributed by atoms with Crippen LogP contribution in [0.3, 0.4) is 0 Å². The number of nitrogen functional groups attached to an aromatic ring is 1. The summed E-state index contributed by atoms with van der Waals surface area (Å²) in [6.45, 7) is -0.515. The third-order valence-corrected chi connectivity index (χ3v) is 1.52. The van der Waals surface area contributed by atoms with Gasteiger partial charge in [0.25, 0.3) is 6.43 Å². The van der Waals surface area contributed by atoms with Crippen molar-refractivity contribution in [3.05, 3.63) is 23.4 Å². The SMILES string of the molecule is Nc1nccc(C(F)F)c1CO. The van der Waals surface area contributed by atoms with Crippen LogP contribution in [-0.4, -0.2) is 10.1 Å². The molecular weight excluding hydrogens is 166 g/mol. The van der Waals surface area contributed by atoms with E-state index in [9.17, 15) is 8.78 Å². The van der Waals surface area contributed by atoms with Crippen LogP contribution in [0.5, 0.6) is 0 Å². The number of aromatic nitrogens is 1. The first kappa shape index (κ1) is 8.86. The van der Waals surface area contributed by atoms with E-state index in [0.29, 0.717) is 0 Å². The van der Waals surface area contributed by atoms with Gasteiger partial charge in [-0.3, -0.25) is 0 Å². The number of anilines is 1. The van der Waals surface area contributed by atoms with Crippen molar-refractivity contribution in [3.8, 4) is 0 Å². The molecule has 3 nitrogen and oxygen atoms in total. The Morgan fingerprint density at radius 2 is 2.25 bits per heavy atom. The highest BCUT2D eigenvalue weighted by atomic mass is 19.3. The van der Waals surface area contributed by atoms with Gasteiger partial charge in [0.1, 0.15) is 5.82 Å². The molecule has 66 valence electrons.